The predicted octanol–water partition coefficient (Wildman–Crippen LogP) is 3.08. The first-order valence-corrected chi connectivity index (χ1v) is 9.79. The van der Waals surface area contributed by atoms with Crippen molar-refractivity contribution in [1.82, 2.24) is 35.9 Å². The van der Waals surface area contributed by atoms with E-state index in [-0.39, 0.29) is 0 Å². The van der Waals surface area contributed by atoms with Crippen LogP contribution in [0.25, 0.3) is 33.5 Å². The molecule has 0 atom stereocenters. The highest BCUT2D eigenvalue weighted by molar-refractivity contribution is 7.99. The third-order valence-corrected chi connectivity index (χ3v) is 5.76. The van der Waals surface area contributed by atoms with Gasteiger partial charge in [0.2, 0.25) is 5.82 Å². The van der Waals surface area contributed by atoms with E-state index < -0.39 is 0 Å². The van der Waals surface area contributed by atoms with Crippen LogP contribution in [0.5, 0.6) is 0 Å². The maximum atomic E-state index is 4.79. The first-order chi connectivity index (χ1) is 13.3. The van der Waals surface area contributed by atoms with Crippen molar-refractivity contribution in [2.75, 3.05) is 19.3 Å². The molecule has 0 radical (unpaired) electrons. The fourth-order valence-electron chi connectivity index (χ4n) is 2.79. The molecular weight excluding hydrogens is 378 g/mol. The number of nitrogens with zero attached hydrogens (tertiary/aromatic N) is 5. The van der Waals surface area contributed by atoms with E-state index in [1.165, 1.54) is 0 Å². The third-order valence-electron chi connectivity index (χ3n) is 4.08. The summed E-state index contributed by atoms with van der Waals surface area (Å²) >= 11 is 6.53. The number of aromatic amines is 1. The molecule has 0 bridgehead atoms. The fraction of sp³-hybridized carbons (Fsp3) is 0.167. The molecule has 0 aliphatic heterocycles. The summed E-state index contributed by atoms with van der Waals surface area (Å²) in [6, 6.07) is 9.96. The Kier molecular flexibility index (Phi) is 5.33. The summed E-state index contributed by atoms with van der Waals surface area (Å²) in [5.74, 6) is 1.45. The molecule has 0 unspecified atom stereocenters. The van der Waals surface area contributed by atoms with Gasteiger partial charge in [-0.2, -0.15) is 5.21 Å². The Bertz CT molecular complexity index is 1070. The van der Waals surface area contributed by atoms with E-state index in [1.54, 1.807) is 18.0 Å². The zero-order chi connectivity index (χ0) is 18.6. The minimum absolute atomic E-state index is 0.507. The maximum Gasteiger partial charge on any atom is 0.206 e. The number of fused-ring (bicyclic) bond motifs is 1. The largest absolute Gasteiger partial charge is 0.319 e. The van der Waals surface area contributed by atoms with E-state index in [2.05, 4.69) is 48.0 Å². The standard InChI is InChI=1S/C18H17N7S2/c1-19-7-8-27-15-5-4-12(16(17(15)26)18-22-24-25-23-18)11-9-14-13(21-10-11)3-2-6-20-14/h2-6,9-10,19,26H,7-8H2,1H3,(H,22,23,24,25). The van der Waals surface area contributed by atoms with Crippen LogP contribution in [0.1, 0.15) is 0 Å². The lowest BCUT2D eigenvalue weighted by atomic mass is 10.00. The Morgan fingerprint density at radius 3 is 2.93 bits per heavy atom. The Balaban J connectivity index is 1.84. The normalized spacial score (nSPS) is 11.2. The van der Waals surface area contributed by atoms with E-state index in [4.69, 9.17) is 12.6 Å². The van der Waals surface area contributed by atoms with E-state index in [0.717, 1.165) is 49.8 Å². The lowest BCUT2D eigenvalue weighted by Crippen LogP contribution is -2.09. The van der Waals surface area contributed by atoms with Gasteiger partial charge >= 0.3 is 0 Å². The van der Waals surface area contributed by atoms with Gasteiger partial charge in [0.05, 0.1) is 11.0 Å². The minimum atomic E-state index is 0.507. The van der Waals surface area contributed by atoms with Gasteiger partial charge in [-0.15, -0.1) is 34.6 Å². The summed E-state index contributed by atoms with van der Waals surface area (Å²) in [6.45, 7) is 0.914. The van der Waals surface area contributed by atoms with Crippen LogP contribution in [-0.4, -0.2) is 49.9 Å². The van der Waals surface area contributed by atoms with Gasteiger partial charge in [-0.25, -0.2) is 0 Å². The molecule has 0 aliphatic rings. The van der Waals surface area contributed by atoms with Crippen molar-refractivity contribution in [3.05, 3.63) is 42.7 Å². The molecule has 0 fully saturated rings. The van der Waals surface area contributed by atoms with Crippen molar-refractivity contribution in [2.24, 2.45) is 0 Å². The molecule has 2 N–H and O–H groups in total. The lowest BCUT2D eigenvalue weighted by molar-refractivity contribution is 0.871. The van der Waals surface area contributed by atoms with Crippen molar-refractivity contribution < 1.29 is 0 Å². The summed E-state index contributed by atoms with van der Waals surface area (Å²) in [4.78, 5) is 10.8. The number of hydrogen-bond acceptors (Lipinski definition) is 8. The molecule has 0 amide bonds. The molecule has 136 valence electrons. The Labute approximate surface area is 165 Å². The van der Waals surface area contributed by atoms with E-state index in [0.29, 0.717) is 5.82 Å². The van der Waals surface area contributed by atoms with E-state index >= 15 is 0 Å². The molecule has 3 aromatic heterocycles. The monoisotopic (exact) mass is 395 g/mol. The third kappa shape index (κ3) is 3.66. The van der Waals surface area contributed by atoms with Gasteiger partial charge in [-0.3, -0.25) is 9.97 Å². The number of benzene rings is 1. The number of aromatic nitrogens is 6. The zero-order valence-corrected chi connectivity index (χ0v) is 16.3. The molecule has 27 heavy (non-hydrogen) atoms. The molecule has 0 saturated heterocycles. The molecule has 7 nitrogen and oxygen atoms in total. The van der Waals surface area contributed by atoms with Gasteiger partial charge in [0, 0.05) is 45.6 Å². The van der Waals surface area contributed by atoms with Gasteiger partial charge in [-0.05, 0) is 42.1 Å². The van der Waals surface area contributed by atoms with Crippen LogP contribution in [0.15, 0.2) is 52.5 Å². The van der Waals surface area contributed by atoms with Crippen LogP contribution in [0.4, 0.5) is 0 Å². The second-order valence-corrected chi connectivity index (χ2v) is 7.37. The van der Waals surface area contributed by atoms with Crippen molar-refractivity contribution in [2.45, 2.75) is 9.79 Å². The molecule has 4 rings (SSSR count). The Hall–Kier alpha value is -2.49. The first kappa shape index (κ1) is 17.9. The van der Waals surface area contributed by atoms with Gasteiger partial charge in [0.1, 0.15) is 0 Å². The summed E-state index contributed by atoms with van der Waals surface area (Å²) < 4.78 is 0. The number of hydrogen-bond donors (Lipinski definition) is 3. The van der Waals surface area contributed by atoms with Crippen molar-refractivity contribution >= 4 is 35.4 Å². The first-order valence-electron chi connectivity index (χ1n) is 8.36. The van der Waals surface area contributed by atoms with Crippen LogP contribution in [0.2, 0.25) is 0 Å². The average molecular weight is 396 g/mol. The molecule has 4 aromatic rings. The highest BCUT2D eigenvalue weighted by Crippen LogP contribution is 2.40. The average Bonchev–Trinajstić information content (AvgIpc) is 3.23. The van der Waals surface area contributed by atoms with Gasteiger partial charge < -0.3 is 5.32 Å². The van der Waals surface area contributed by atoms with Crippen molar-refractivity contribution in [1.29, 1.82) is 0 Å². The van der Waals surface area contributed by atoms with Gasteiger partial charge in [0.15, 0.2) is 0 Å². The summed E-state index contributed by atoms with van der Waals surface area (Å²) in [7, 11) is 1.94. The van der Waals surface area contributed by atoms with Gasteiger partial charge in [-0.1, -0.05) is 6.07 Å². The number of nitrogens with one attached hydrogen (secondary N) is 2. The number of pyridine rings is 2. The molecular formula is C18H17N7S2. The molecule has 1 aromatic carbocycles. The zero-order valence-electron chi connectivity index (χ0n) is 14.5. The molecule has 0 saturated carbocycles. The lowest BCUT2D eigenvalue weighted by Gasteiger charge is -2.14. The van der Waals surface area contributed by atoms with Crippen LogP contribution in [-0.2, 0) is 0 Å². The van der Waals surface area contributed by atoms with Crippen molar-refractivity contribution in [3.63, 3.8) is 0 Å². The second-order valence-electron chi connectivity index (χ2n) is 5.79. The highest BCUT2D eigenvalue weighted by Gasteiger charge is 2.18. The predicted molar refractivity (Wildman–Crippen MR) is 110 cm³/mol. The van der Waals surface area contributed by atoms with Crippen LogP contribution < -0.4 is 5.32 Å². The smallest absolute Gasteiger partial charge is 0.206 e. The summed E-state index contributed by atoms with van der Waals surface area (Å²) in [5.41, 5.74) is 4.40. The van der Waals surface area contributed by atoms with Crippen LogP contribution in [0, 0.1) is 0 Å². The molecule has 0 spiro atoms. The van der Waals surface area contributed by atoms with Gasteiger partial charge in [0.25, 0.3) is 0 Å². The molecule has 0 aliphatic carbocycles. The van der Waals surface area contributed by atoms with Crippen LogP contribution in [0.3, 0.4) is 0 Å². The number of thioether (sulfide) groups is 1. The Morgan fingerprint density at radius 2 is 2.11 bits per heavy atom. The van der Waals surface area contributed by atoms with Crippen LogP contribution >= 0.6 is 24.4 Å². The topological polar surface area (TPSA) is 92.3 Å². The number of tetrazole rings is 1. The fourth-order valence-corrected chi connectivity index (χ4v) is 4.20. The van der Waals surface area contributed by atoms with Crippen molar-refractivity contribution in [3.8, 4) is 22.5 Å². The number of rotatable bonds is 6. The minimum Gasteiger partial charge on any atom is -0.319 e. The SMILES string of the molecule is CNCCSc1ccc(-c2cnc3cccnc3c2)c(-c2nn[nH]n2)c1S. The molecule has 3 heterocycles. The molecule has 9 heteroatoms. The Morgan fingerprint density at radius 1 is 1.19 bits per heavy atom. The summed E-state index contributed by atoms with van der Waals surface area (Å²) in [5, 5.41) is 17.8. The van der Waals surface area contributed by atoms with E-state index in [9.17, 15) is 0 Å². The number of H-pyrrole nitrogens is 1. The number of thiol groups is 1. The second kappa shape index (κ2) is 8.03. The maximum absolute atomic E-state index is 4.79. The van der Waals surface area contributed by atoms with E-state index in [1.807, 2.05) is 31.4 Å². The highest BCUT2D eigenvalue weighted by atomic mass is 32.2. The quantitative estimate of drug-likeness (QED) is 0.262. The summed E-state index contributed by atoms with van der Waals surface area (Å²) in [6.07, 6.45) is 3.60.